The summed E-state index contributed by atoms with van der Waals surface area (Å²) in [5, 5.41) is 4.23. The second-order valence-corrected chi connectivity index (χ2v) is 6.12. The molecular formula is C16H22N2O. The minimum absolute atomic E-state index is 0.111. The number of carbonyl (C=O) groups excluding carboxylic acids is 1. The molecule has 3 heteroatoms. The summed E-state index contributed by atoms with van der Waals surface area (Å²) in [6.45, 7) is 6.00. The molecule has 1 amide bonds. The monoisotopic (exact) mass is 258 g/mol. The van der Waals surface area contributed by atoms with Crippen molar-refractivity contribution < 1.29 is 4.79 Å². The second-order valence-electron chi connectivity index (χ2n) is 6.12. The average molecular weight is 258 g/mol. The summed E-state index contributed by atoms with van der Waals surface area (Å²) in [5.74, 6) is 0.111. The van der Waals surface area contributed by atoms with Crippen molar-refractivity contribution in [2.24, 2.45) is 7.05 Å². The molecule has 0 bridgehead atoms. The van der Waals surface area contributed by atoms with Crippen molar-refractivity contribution in [1.82, 2.24) is 9.88 Å². The third kappa shape index (κ3) is 3.60. The van der Waals surface area contributed by atoms with Crippen molar-refractivity contribution in [3.63, 3.8) is 0 Å². The van der Waals surface area contributed by atoms with Crippen molar-refractivity contribution >= 4 is 16.8 Å². The number of rotatable bonds is 3. The normalized spacial score (nSPS) is 11.8. The molecule has 2 aromatic rings. The van der Waals surface area contributed by atoms with Crippen LogP contribution >= 0.6 is 0 Å². The van der Waals surface area contributed by atoms with Crippen LogP contribution in [0.1, 0.15) is 32.8 Å². The Hall–Kier alpha value is -1.77. The fraction of sp³-hybridized carbons (Fsp3) is 0.438. The first-order valence-corrected chi connectivity index (χ1v) is 6.70. The molecule has 0 saturated carbocycles. The number of hydrogen-bond acceptors (Lipinski definition) is 1. The van der Waals surface area contributed by atoms with E-state index >= 15 is 0 Å². The van der Waals surface area contributed by atoms with Crippen molar-refractivity contribution in [2.45, 2.75) is 39.2 Å². The lowest BCUT2D eigenvalue weighted by atomic mass is 10.1. The molecule has 2 rings (SSSR count). The number of aryl methyl sites for hydroxylation is 2. The minimum Gasteiger partial charge on any atom is -0.351 e. The van der Waals surface area contributed by atoms with Gasteiger partial charge in [0.25, 0.3) is 0 Å². The fourth-order valence-corrected chi connectivity index (χ4v) is 2.20. The number of benzene rings is 1. The Morgan fingerprint density at radius 2 is 2.00 bits per heavy atom. The smallest absolute Gasteiger partial charge is 0.220 e. The Morgan fingerprint density at radius 3 is 2.68 bits per heavy atom. The lowest BCUT2D eigenvalue weighted by Crippen LogP contribution is -2.40. The van der Waals surface area contributed by atoms with Gasteiger partial charge >= 0.3 is 0 Å². The van der Waals surface area contributed by atoms with Crippen LogP contribution in [-0.4, -0.2) is 16.0 Å². The van der Waals surface area contributed by atoms with Crippen molar-refractivity contribution in [3.05, 3.63) is 36.0 Å². The third-order valence-electron chi connectivity index (χ3n) is 3.11. The van der Waals surface area contributed by atoms with Gasteiger partial charge in [-0.3, -0.25) is 4.79 Å². The number of fused-ring (bicyclic) bond motifs is 1. The molecule has 0 fully saturated rings. The molecule has 3 nitrogen and oxygen atoms in total. The molecule has 1 heterocycles. The number of aromatic nitrogens is 1. The average Bonchev–Trinajstić information content (AvgIpc) is 2.66. The zero-order valence-electron chi connectivity index (χ0n) is 12.2. The molecule has 1 aromatic carbocycles. The summed E-state index contributed by atoms with van der Waals surface area (Å²) in [5.41, 5.74) is 2.27. The van der Waals surface area contributed by atoms with E-state index in [0.29, 0.717) is 6.42 Å². The van der Waals surface area contributed by atoms with Crippen molar-refractivity contribution in [3.8, 4) is 0 Å². The zero-order chi connectivity index (χ0) is 14.0. The van der Waals surface area contributed by atoms with Crippen LogP contribution in [-0.2, 0) is 18.3 Å². The van der Waals surface area contributed by atoms with E-state index in [4.69, 9.17) is 0 Å². The van der Waals surface area contributed by atoms with E-state index in [2.05, 4.69) is 40.3 Å². The molecule has 1 N–H and O–H groups in total. The van der Waals surface area contributed by atoms with Gasteiger partial charge in [-0.15, -0.1) is 0 Å². The van der Waals surface area contributed by atoms with Gasteiger partial charge in [0.2, 0.25) is 5.91 Å². The molecule has 102 valence electrons. The Labute approximate surface area is 114 Å². The van der Waals surface area contributed by atoms with E-state index in [0.717, 1.165) is 6.42 Å². The Balaban J connectivity index is 2.02. The largest absolute Gasteiger partial charge is 0.351 e. The topological polar surface area (TPSA) is 34.0 Å². The van der Waals surface area contributed by atoms with E-state index in [1.54, 1.807) is 0 Å². The fourth-order valence-electron chi connectivity index (χ4n) is 2.20. The highest BCUT2D eigenvalue weighted by molar-refractivity contribution is 5.81. The number of carbonyl (C=O) groups is 1. The van der Waals surface area contributed by atoms with Crippen molar-refractivity contribution in [1.29, 1.82) is 0 Å². The summed E-state index contributed by atoms with van der Waals surface area (Å²) in [6.07, 6.45) is 3.37. The molecule has 1 aromatic heterocycles. The zero-order valence-corrected chi connectivity index (χ0v) is 12.2. The number of hydrogen-bond donors (Lipinski definition) is 1. The quantitative estimate of drug-likeness (QED) is 0.902. The van der Waals surface area contributed by atoms with Crippen LogP contribution in [0.5, 0.6) is 0 Å². The van der Waals surface area contributed by atoms with Crippen LogP contribution in [0, 0.1) is 0 Å². The molecule has 0 unspecified atom stereocenters. The molecule has 0 aliphatic rings. The maximum atomic E-state index is 11.8. The summed E-state index contributed by atoms with van der Waals surface area (Å²) >= 11 is 0. The summed E-state index contributed by atoms with van der Waals surface area (Å²) < 4.78 is 2.11. The third-order valence-corrected chi connectivity index (χ3v) is 3.11. The molecule has 0 atom stereocenters. The van der Waals surface area contributed by atoms with Gasteiger partial charge in [0, 0.05) is 30.7 Å². The van der Waals surface area contributed by atoms with Gasteiger partial charge < -0.3 is 9.88 Å². The lowest BCUT2D eigenvalue weighted by molar-refractivity contribution is -0.122. The van der Waals surface area contributed by atoms with Gasteiger partial charge in [0.05, 0.1) is 0 Å². The highest BCUT2D eigenvalue weighted by Crippen LogP contribution is 2.17. The number of nitrogens with zero attached hydrogens (tertiary/aromatic N) is 1. The standard InChI is InChI=1S/C16H22N2O/c1-16(2,3)17-15(19)8-6-12-5-7-13-9-10-18(4)14(13)11-12/h5,7,9-11H,6,8H2,1-4H3,(H,17,19). The van der Waals surface area contributed by atoms with Gasteiger partial charge in [0.1, 0.15) is 0 Å². The van der Waals surface area contributed by atoms with E-state index in [1.165, 1.54) is 16.5 Å². The Morgan fingerprint density at radius 1 is 1.26 bits per heavy atom. The van der Waals surface area contributed by atoms with E-state index in [9.17, 15) is 4.79 Å². The highest BCUT2D eigenvalue weighted by Gasteiger charge is 2.13. The highest BCUT2D eigenvalue weighted by atomic mass is 16.1. The number of nitrogens with one attached hydrogen (secondary N) is 1. The predicted octanol–water partition coefficient (Wildman–Crippen LogP) is 3.03. The van der Waals surface area contributed by atoms with Gasteiger partial charge in [-0.2, -0.15) is 0 Å². The van der Waals surface area contributed by atoms with Crippen LogP contribution in [0.3, 0.4) is 0 Å². The summed E-state index contributed by atoms with van der Waals surface area (Å²) in [4.78, 5) is 11.8. The molecule has 0 aliphatic heterocycles. The van der Waals surface area contributed by atoms with Gasteiger partial charge in [-0.1, -0.05) is 12.1 Å². The second kappa shape index (κ2) is 5.08. The van der Waals surface area contributed by atoms with Crippen LogP contribution < -0.4 is 5.32 Å². The van der Waals surface area contributed by atoms with E-state index in [1.807, 2.05) is 27.8 Å². The first kappa shape index (κ1) is 13.7. The molecular weight excluding hydrogens is 236 g/mol. The minimum atomic E-state index is -0.154. The Kier molecular flexibility index (Phi) is 3.65. The molecule has 0 saturated heterocycles. The maximum absolute atomic E-state index is 11.8. The summed E-state index contributed by atoms with van der Waals surface area (Å²) in [6, 6.07) is 8.49. The van der Waals surface area contributed by atoms with Crippen LogP contribution in [0.4, 0.5) is 0 Å². The molecule has 19 heavy (non-hydrogen) atoms. The van der Waals surface area contributed by atoms with Gasteiger partial charge in [-0.25, -0.2) is 0 Å². The molecule has 0 radical (unpaired) electrons. The maximum Gasteiger partial charge on any atom is 0.220 e. The Bertz CT molecular complexity index is 590. The summed E-state index contributed by atoms with van der Waals surface area (Å²) in [7, 11) is 2.04. The van der Waals surface area contributed by atoms with Crippen LogP contribution in [0.25, 0.3) is 10.9 Å². The molecule has 0 spiro atoms. The van der Waals surface area contributed by atoms with E-state index in [-0.39, 0.29) is 11.4 Å². The first-order chi connectivity index (χ1) is 8.85. The SMILES string of the molecule is Cn1ccc2ccc(CCC(=O)NC(C)(C)C)cc21. The van der Waals surface area contributed by atoms with Crippen LogP contribution in [0.15, 0.2) is 30.5 Å². The van der Waals surface area contributed by atoms with Gasteiger partial charge in [-0.05, 0) is 50.3 Å². The molecule has 0 aliphatic carbocycles. The van der Waals surface area contributed by atoms with Crippen molar-refractivity contribution in [2.75, 3.05) is 0 Å². The first-order valence-electron chi connectivity index (χ1n) is 6.70. The van der Waals surface area contributed by atoms with E-state index < -0.39 is 0 Å². The van der Waals surface area contributed by atoms with Gasteiger partial charge in [0.15, 0.2) is 0 Å². The van der Waals surface area contributed by atoms with Crippen LogP contribution in [0.2, 0.25) is 0 Å². The lowest BCUT2D eigenvalue weighted by Gasteiger charge is -2.20. The predicted molar refractivity (Wildman–Crippen MR) is 79.1 cm³/mol. The number of amides is 1.